The smallest absolute Gasteiger partial charge is 0.268 e. The molecular formula is C19H14NO2PS. The van der Waals surface area contributed by atoms with Crippen LogP contribution in [0, 0.1) is 0 Å². The Kier molecular flexibility index (Phi) is 3.72. The molecule has 0 aromatic heterocycles. The Balaban J connectivity index is 1.96. The van der Waals surface area contributed by atoms with E-state index in [1.807, 2.05) is 72.8 Å². The fourth-order valence-electron chi connectivity index (χ4n) is 2.75. The molecule has 0 radical (unpaired) electrons. The first kappa shape index (κ1) is 15.1. The summed E-state index contributed by atoms with van der Waals surface area (Å²) in [5.41, 5.74) is 1.29. The average Bonchev–Trinajstić information content (AvgIpc) is 2.63. The van der Waals surface area contributed by atoms with Crippen LogP contribution in [0.4, 0.5) is 5.69 Å². The summed E-state index contributed by atoms with van der Waals surface area (Å²) in [6.45, 7) is 0. The van der Waals surface area contributed by atoms with E-state index in [1.54, 1.807) is 16.8 Å². The number of amides is 1. The average molecular weight is 351 g/mol. The molecule has 1 atom stereocenters. The Morgan fingerprint density at radius 1 is 0.792 bits per heavy atom. The van der Waals surface area contributed by atoms with E-state index in [0.29, 0.717) is 11.3 Å². The van der Waals surface area contributed by atoms with E-state index >= 15 is 0 Å². The van der Waals surface area contributed by atoms with Gasteiger partial charge in [0.15, 0.2) is 0 Å². The molecule has 1 unspecified atom stereocenters. The van der Waals surface area contributed by atoms with Crippen LogP contribution in [0.2, 0.25) is 0 Å². The largest absolute Gasteiger partial charge is 0.443 e. The van der Waals surface area contributed by atoms with E-state index in [0.717, 1.165) is 11.0 Å². The van der Waals surface area contributed by atoms with Crippen molar-refractivity contribution in [2.75, 3.05) is 4.67 Å². The third-order valence-corrected chi connectivity index (χ3v) is 7.56. The van der Waals surface area contributed by atoms with E-state index in [-0.39, 0.29) is 5.91 Å². The van der Waals surface area contributed by atoms with E-state index in [4.69, 9.17) is 16.3 Å². The van der Waals surface area contributed by atoms with Crippen LogP contribution in [-0.4, -0.2) is 5.91 Å². The summed E-state index contributed by atoms with van der Waals surface area (Å²) in [7, 11) is 0. The van der Waals surface area contributed by atoms with Crippen molar-refractivity contribution in [3.8, 4) is 5.75 Å². The maximum atomic E-state index is 13.2. The minimum absolute atomic E-state index is 0.116. The quantitative estimate of drug-likeness (QED) is 0.643. The number of nitrogens with zero attached hydrogens (tertiary/aromatic N) is 1. The second kappa shape index (κ2) is 5.90. The van der Waals surface area contributed by atoms with E-state index in [2.05, 4.69) is 0 Å². The summed E-state index contributed by atoms with van der Waals surface area (Å²) in [5.74, 6) is 0.442. The monoisotopic (exact) mass is 351 g/mol. The van der Waals surface area contributed by atoms with Crippen LogP contribution in [0.1, 0.15) is 10.4 Å². The minimum atomic E-state index is -2.77. The number of carbonyl (C=O) groups excluding carboxylic acids is 1. The van der Waals surface area contributed by atoms with Crippen LogP contribution >= 0.6 is 6.42 Å². The minimum Gasteiger partial charge on any atom is -0.443 e. The molecule has 0 saturated carbocycles. The van der Waals surface area contributed by atoms with Gasteiger partial charge in [-0.2, -0.15) is 0 Å². The highest BCUT2D eigenvalue weighted by molar-refractivity contribution is 8.17. The number of hydrogen-bond donors (Lipinski definition) is 0. The Morgan fingerprint density at radius 2 is 1.38 bits per heavy atom. The van der Waals surface area contributed by atoms with Crippen molar-refractivity contribution in [2.45, 2.75) is 0 Å². The molecule has 4 rings (SSSR count). The zero-order valence-electron chi connectivity index (χ0n) is 12.7. The van der Waals surface area contributed by atoms with Crippen molar-refractivity contribution in [1.29, 1.82) is 0 Å². The molecule has 3 aromatic rings. The molecule has 0 spiro atoms. The summed E-state index contributed by atoms with van der Waals surface area (Å²) < 4.78 is 7.93. The van der Waals surface area contributed by atoms with Gasteiger partial charge in [0.1, 0.15) is 5.75 Å². The predicted molar refractivity (Wildman–Crippen MR) is 101 cm³/mol. The van der Waals surface area contributed by atoms with E-state index in [9.17, 15) is 4.79 Å². The molecule has 0 aliphatic carbocycles. The number of carbonyl (C=O) groups is 1. The molecule has 1 heterocycles. The molecule has 5 heteroatoms. The topological polar surface area (TPSA) is 29.5 Å². The van der Waals surface area contributed by atoms with Crippen LogP contribution in [0.5, 0.6) is 5.75 Å². The first-order valence-electron chi connectivity index (χ1n) is 7.54. The standard InChI is InChI=1S/C19H14NO2PS/c21-19-17-13-7-8-14-18(17)22-23(24,16-11-5-2-6-12-16)20(19)15-9-3-1-4-10-15/h1-14H. The second-order valence-corrected chi connectivity index (χ2v) is 9.02. The van der Waals surface area contributed by atoms with Crippen LogP contribution in [-0.2, 0) is 11.8 Å². The van der Waals surface area contributed by atoms with E-state index in [1.165, 1.54) is 0 Å². The van der Waals surface area contributed by atoms with Gasteiger partial charge in [-0.05, 0) is 48.2 Å². The number of benzene rings is 3. The number of anilines is 1. The maximum Gasteiger partial charge on any atom is 0.268 e. The molecule has 3 aromatic carbocycles. The Labute approximate surface area is 145 Å². The summed E-state index contributed by atoms with van der Waals surface area (Å²) in [5, 5.41) is 0.853. The summed E-state index contributed by atoms with van der Waals surface area (Å²) in [6, 6.07) is 26.4. The predicted octanol–water partition coefficient (Wildman–Crippen LogP) is 4.36. The molecule has 1 aliphatic rings. The Morgan fingerprint density at radius 3 is 2.08 bits per heavy atom. The molecule has 0 saturated heterocycles. The number of rotatable bonds is 2. The van der Waals surface area contributed by atoms with Crippen LogP contribution < -0.4 is 14.5 Å². The highest BCUT2D eigenvalue weighted by Gasteiger charge is 2.41. The Bertz CT molecular complexity index is 944. The highest BCUT2D eigenvalue weighted by atomic mass is 32.4. The lowest BCUT2D eigenvalue weighted by Gasteiger charge is -2.39. The molecule has 0 bridgehead atoms. The lowest BCUT2D eigenvalue weighted by molar-refractivity contribution is 0.0998. The van der Waals surface area contributed by atoms with Crippen LogP contribution in [0.15, 0.2) is 84.9 Å². The first-order chi connectivity index (χ1) is 11.7. The Hall–Kier alpha value is -2.42. The van der Waals surface area contributed by atoms with Crippen molar-refractivity contribution in [3.63, 3.8) is 0 Å². The molecule has 1 amide bonds. The molecular weight excluding hydrogens is 337 g/mol. The van der Waals surface area contributed by atoms with E-state index < -0.39 is 6.42 Å². The maximum absolute atomic E-state index is 13.2. The van der Waals surface area contributed by atoms with Crippen molar-refractivity contribution < 1.29 is 9.32 Å². The second-order valence-electron chi connectivity index (χ2n) is 5.40. The molecule has 24 heavy (non-hydrogen) atoms. The fourth-order valence-corrected chi connectivity index (χ4v) is 6.04. The molecule has 1 aliphatic heterocycles. The van der Waals surface area contributed by atoms with Gasteiger partial charge < -0.3 is 4.52 Å². The zero-order valence-corrected chi connectivity index (χ0v) is 14.4. The first-order valence-corrected chi connectivity index (χ1v) is 10.2. The highest BCUT2D eigenvalue weighted by Crippen LogP contribution is 2.56. The van der Waals surface area contributed by atoms with Gasteiger partial charge in [0.25, 0.3) is 5.91 Å². The van der Waals surface area contributed by atoms with Gasteiger partial charge in [0, 0.05) is 5.30 Å². The SMILES string of the molecule is O=C1c2ccccc2OP(=S)(c2ccccc2)N1c1ccccc1. The van der Waals surface area contributed by atoms with Gasteiger partial charge in [0.2, 0.25) is 6.42 Å². The van der Waals surface area contributed by atoms with Gasteiger partial charge in [0.05, 0.1) is 11.3 Å². The van der Waals surface area contributed by atoms with Crippen LogP contribution in [0.25, 0.3) is 0 Å². The zero-order chi connectivity index (χ0) is 16.6. The third kappa shape index (κ3) is 2.35. The molecule has 3 nitrogen and oxygen atoms in total. The van der Waals surface area contributed by atoms with Gasteiger partial charge in [-0.3, -0.25) is 4.79 Å². The number of fused-ring (bicyclic) bond motifs is 1. The summed E-state index contributed by atoms with van der Waals surface area (Å²) >= 11 is 5.97. The molecule has 118 valence electrons. The lowest BCUT2D eigenvalue weighted by Crippen LogP contribution is -2.37. The number of hydrogen-bond acceptors (Lipinski definition) is 3. The molecule has 0 N–H and O–H groups in total. The van der Waals surface area contributed by atoms with Gasteiger partial charge in [-0.25, -0.2) is 4.67 Å². The van der Waals surface area contributed by atoms with Gasteiger partial charge >= 0.3 is 0 Å². The summed E-state index contributed by atoms with van der Waals surface area (Å²) in [4.78, 5) is 13.2. The third-order valence-electron chi connectivity index (χ3n) is 3.88. The van der Waals surface area contributed by atoms with Crippen molar-refractivity contribution in [3.05, 3.63) is 90.5 Å². The van der Waals surface area contributed by atoms with Gasteiger partial charge in [-0.15, -0.1) is 0 Å². The van der Waals surface area contributed by atoms with Crippen molar-refractivity contribution >= 4 is 35.1 Å². The fraction of sp³-hybridized carbons (Fsp3) is 0. The van der Waals surface area contributed by atoms with Crippen molar-refractivity contribution in [2.24, 2.45) is 0 Å². The normalized spacial score (nSPS) is 19.5. The molecule has 0 fully saturated rings. The summed E-state index contributed by atoms with van der Waals surface area (Å²) in [6.07, 6.45) is -2.77. The number of para-hydroxylation sites is 2. The van der Waals surface area contributed by atoms with Gasteiger partial charge in [-0.1, -0.05) is 48.5 Å². The van der Waals surface area contributed by atoms with Crippen LogP contribution in [0.3, 0.4) is 0 Å². The van der Waals surface area contributed by atoms with Crippen molar-refractivity contribution in [1.82, 2.24) is 0 Å². The lowest BCUT2D eigenvalue weighted by atomic mass is 10.2.